The Kier molecular flexibility index (Phi) is 6.07. The predicted molar refractivity (Wildman–Crippen MR) is 104 cm³/mol. The molecule has 23 heavy (non-hydrogen) atoms. The molecule has 1 aromatic heterocycles. The average Bonchev–Trinajstić information content (AvgIpc) is 2.98. The van der Waals surface area contributed by atoms with Crippen molar-refractivity contribution < 1.29 is 0 Å². The molecular formula is C18H18BrN3S. The van der Waals surface area contributed by atoms with E-state index in [4.69, 9.17) is 0 Å². The van der Waals surface area contributed by atoms with Crippen LogP contribution < -0.4 is 4.80 Å². The third-order valence-electron chi connectivity index (χ3n) is 3.13. The Morgan fingerprint density at radius 2 is 1.52 bits per heavy atom. The second-order valence-corrected chi connectivity index (χ2v) is 5.92. The van der Waals surface area contributed by atoms with E-state index in [9.17, 15) is 0 Å². The van der Waals surface area contributed by atoms with Crippen molar-refractivity contribution in [3.8, 4) is 16.9 Å². The highest BCUT2D eigenvalue weighted by molar-refractivity contribution is 8.93. The quantitative estimate of drug-likeness (QED) is 0.443. The second-order valence-electron chi connectivity index (χ2n) is 5.09. The van der Waals surface area contributed by atoms with Crippen LogP contribution in [-0.2, 0) is 0 Å². The van der Waals surface area contributed by atoms with Crippen molar-refractivity contribution in [3.05, 3.63) is 70.8 Å². The lowest BCUT2D eigenvalue weighted by molar-refractivity contribution is 0.969. The molecule has 0 N–H and O–H groups in total. The summed E-state index contributed by atoms with van der Waals surface area (Å²) in [7, 11) is 0. The number of hydrogen-bond acceptors (Lipinski definition) is 3. The summed E-state index contributed by atoms with van der Waals surface area (Å²) in [5.41, 5.74) is 4.32. The first-order chi connectivity index (χ1) is 10.8. The number of aromatic nitrogens is 1. The van der Waals surface area contributed by atoms with Gasteiger partial charge in [0, 0.05) is 16.8 Å². The maximum Gasteiger partial charge on any atom is 0.215 e. The zero-order chi connectivity index (χ0) is 15.4. The molecule has 0 bridgehead atoms. The smallest absolute Gasteiger partial charge is 0.215 e. The fraction of sp³-hybridized carbons (Fsp3) is 0.111. The van der Waals surface area contributed by atoms with Crippen LogP contribution in [0.15, 0.2) is 76.2 Å². The summed E-state index contributed by atoms with van der Waals surface area (Å²) >= 11 is 1.60. The van der Waals surface area contributed by atoms with E-state index in [1.165, 1.54) is 5.56 Å². The number of rotatable bonds is 3. The van der Waals surface area contributed by atoms with Crippen LogP contribution in [0.5, 0.6) is 0 Å². The van der Waals surface area contributed by atoms with E-state index in [-0.39, 0.29) is 17.0 Å². The van der Waals surface area contributed by atoms with Gasteiger partial charge in [0.2, 0.25) is 4.80 Å². The zero-order valence-electron chi connectivity index (χ0n) is 13.0. The van der Waals surface area contributed by atoms with Gasteiger partial charge in [0.1, 0.15) is 0 Å². The number of thiazole rings is 1. The number of halogens is 1. The Morgan fingerprint density at radius 3 is 2.13 bits per heavy atom. The first-order valence-corrected chi connectivity index (χ1v) is 8.00. The van der Waals surface area contributed by atoms with Gasteiger partial charge in [-0.25, -0.2) is 0 Å². The normalized spacial score (nSPS) is 11.0. The molecule has 1 heterocycles. The van der Waals surface area contributed by atoms with Gasteiger partial charge in [-0.1, -0.05) is 48.5 Å². The van der Waals surface area contributed by atoms with E-state index in [1.807, 2.05) is 50.2 Å². The van der Waals surface area contributed by atoms with Crippen molar-refractivity contribution in [1.29, 1.82) is 0 Å². The summed E-state index contributed by atoms with van der Waals surface area (Å²) in [6.45, 7) is 3.89. The van der Waals surface area contributed by atoms with Gasteiger partial charge in [-0.2, -0.15) is 5.10 Å². The molecule has 0 amide bonds. The standard InChI is InChI=1S/C18H17N3S.BrH/c1-14(2)19-20-18-21(16-11-7-4-8-12-16)17(13-22-18)15-9-5-3-6-10-15;/h3-13H,1-2H3;1H/b20-18+;. The van der Waals surface area contributed by atoms with Crippen LogP contribution in [0.1, 0.15) is 13.8 Å². The molecule has 118 valence electrons. The number of benzene rings is 2. The van der Waals surface area contributed by atoms with Gasteiger partial charge in [0.25, 0.3) is 0 Å². The van der Waals surface area contributed by atoms with E-state index in [0.29, 0.717) is 0 Å². The third kappa shape index (κ3) is 4.06. The molecule has 0 saturated heterocycles. The fourth-order valence-corrected chi connectivity index (χ4v) is 3.02. The van der Waals surface area contributed by atoms with Crippen molar-refractivity contribution in [2.75, 3.05) is 0 Å². The molecule has 0 saturated carbocycles. The van der Waals surface area contributed by atoms with Crippen LogP contribution in [0.3, 0.4) is 0 Å². The molecule has 0 spiro atoms. The minimum Gasteiger partial charge on any atom is -0.284 e. The average molecular weight is 388 g/mol. The summed E-state index contributed by atoms with van der Waals surface area (Å²) in [5, 5.41) is 10.7. The number of para-hydroxylation sites is 1. The van der Waals surface area contributed by atoms with E-state index in [2.05, 4.69) is 44.4 Å². The zero-order valence-corrected chi connectivity index (χ0v) is 15.5. The van der Waals surface area contributed by atoms with Crippen LogP contribution in [0, 0.1) is 0 Å². The van der Waals surface area contributed by atoms with Crippen molar-refractivity contribution >= 4 is 34.0 Å². The van der Waals surface area contributed by atoms with Gasteiger partial charge in [0.05, 0.1) is 5.69 Å². The van der Waals surface area contributed by atoms with Gasteiger partial charge in [-0.3, -0.25) is 4.57 Å². The summed E-state index contributed by atoms with van der Waals surface area (Å²) < 4.78 is 2.15. The lowest BCUT2D eigenvalue weighted by Crippen LogP contribution is -2.13. The largest absolute Gasteiger partial charge is 0.284 e. The van der Waals surface area contributed by atoms with Crippen molar-refractivity contribution in [1.82, 2.24) is 4.57 Å². The van der Waals surface area contributed by atoms with Gasteiger partial charge >= 0.3 is 0 Å². The Bertz CT molecular complexity index is 845. The van der Waals surface area contributed by atoms with Crippen LogP contribution in [0.4, 0.5) is 0 Å². The minimum atomic E-state index is 0. The van der Waals surface area contributed by atoms with E-state index in [0.717, 1.165) is 21.9 Å². The van der Waals surface area contributed by atoms with Crippen molar-refractivity contribution in [3.63, 3.8) is 0 Å². The lowest BCUT2D eigenvalue weighted by atomic mass is 10.1. The first kappa shape index (κ1) is 17.4. The summed E-state index contributed by atoms with van der Waals surface area (Å²) in [4.78, 5) is 0.867. The highest BCUT2D eigenvalue weighted by atomic mass is 79.9. The molecule has 3 rings (SSSR count). The SMILES string of the molecule is Br.CC(C)=N/N=c1/scc(-c2ccccc2)n1-c1ccccc1. The van der Waals surface area contributed by atoms with E-state index in [1.54, 1.807) is 11.3 Å². The summed E-state index contributed by atoms with van der Waals surface area (Å²) in [6.07, 6.45) is 0. The van der Waals surface area contributed by atoms with Gasteiger partial charge < -0.3 is 0 Å². The molecular weight excluding hydrogens is 370 g/mol. The topological polar surface area (TPSA) is 29.6 Å². The Balaban J connectivity index is 0.00000192. The molecule has 0 radical (unpaired) electrons. The molecule has 0 aliphatic carbocycles. The summed E-state index contributed by atoms with van der Waals surface area (Å²) in [6, 6.07) is 20.6. The van der Waals surface area contributed by atoms with Crippen molar-refractivity contribution in [2.24, 2.45) is 10.2 Å². The lowest BCUT2D eigenvalue weighted by Gasteiger charge is -2.08. The third-order valence-corrected chi connectivity index (χ3v) is 3.94. The summed E-state index contributed by atoms with van der Waals surface area (Å²) in [5.74, 6) is 0. The molecule has 0 atom stereocenters. The van der Waals surface area contributed by atoms with Gasteiger partial charge in [-0.05, 0) is 31.5 Å². The molecule has 0 aliphatic heterocycles. The Morgan fingerprint density at radius 1 is 0.913 bits per heavy atom. The first-order valence-electron chi connectivity index (χ1n) is 7.12. The fourth-order valence-electron chi connectivity index (χ4n) is 2.16. The highest BCUT2D eigenvalue weighted by Gasteiger charge is 2.09. The van der Waals surface area contributed by atoms with Gasteiger partial charge in [0.15, 0.2) is 0 Å². The van der Waals surface area contributed by atoms with Crippen LogP contribution >= 0.6 is 28.3 Å². The maximum absolute atomic E-state index is 4.40. The molecule has 0 aliphatic rings. The van der Waals surface area contributed by atoms with Crippen LogP contribution in [0.2, 0.25) is 0 Å². The van der Waals surface area contributed by atoms with Crippen LogP contribution in [-0.4, -0.2) is 10.3 Å². The maximum atomic E-state index is 4.40. The molecule has 0 fully saturated rings. The highest BCUT2D eigenvalue weighted by Crippen LogP contribution is 2.23. The molecule has 3 nitrogen and oxygen atoms in total. The monoisotopic (exact) mass is 387 g/mol. The minimum absolute atomic E-state index is 0. The predicted octanol–water partition coefficient (Wildman–Crippen LogP) is 5.08. The van der Waals surface area contributed by atoms with Crippen LogP contribution in [0.25, 0.3) is 16.9 Å². The Labute approximate surface area is 150 Å². The number of hydrogen-bond donors (Lipinski definition) is 0. The Hall–Kier alpha value is -1.98. The number of nitrogens with zero attached hydrogens (tertiary/aromatic N) is 3. The van der Waals surface area contributed by atoms with E-state index < -0.39 is 0 Å². The molecule has 5 heteroatoms. The second kappa shape index (κ2) is 8.04. The van der Waals surface area contributed by atoms with Gasteiger partial charge in [-0.15, -0.1) is 33.4 Å². The van der Waals surface area contributed by atoms with E-state index >= 15 is 0 Å². The molecule has 3 aromatic rings. The molecule has 2 aromatic carbocycles. The van der Waals surface area contributed by atoms with Crippen molar-refractivity contribution in [2.45, 2.75) is 13.8 Å². The molecule has 0 unspecified atom stereocenters.